The summed E-state index contributed by atoms with van der Waals surface area (Å²) in [5.41, 5.74) is 2.28. The Hall–Kier alpha value is -3.02. The summed E-state index contributed by atoms with van der Waals surface area (Å²) >= 11 is 0. The number of carbonyl (C=O) groups is 1. The molecule has 1 saturated carbocycles. The molecule has 0 radical (unpaired) electrons. The molecule has 1 fully saturated rings. The second-order valence-electron chi connectivity index (χ2n) is 7.07. The lowest BCUT2D eigenvalue weighted by atomic mass is 9.63. The molecule has 0 saturated heterocycles. The quantitative estimate of drug-likeness (QED) is 0.751. The molecule has 4 rings (SSSR count). The lowest BCUT2D eigenvalue weighted by molar-refractivity contribution is -0.130. The highest BCUT2D eigenvalue weighted by molar-refractivity contribution is 5.89. The fraction of sp³-hybridized carbons (Fsp3) is 0.286. The van der Waals surface area contributed by atoms with E-state index in [0.29, 0.717) is 0 Å². The molecule has 6 heteroatoms. The molecular formula is C21H21FN4O. The maximum Gasteiger partial charge on any atom is 0.231 e. The summed E-state index contributed by atoms with van der Waals surface area (Å²) in [5.74, 6) is -0.275. The van der Waals surface area contributed by atoms with Gasteiger partial charge in [0, 0.05) is 0 Å². The summed E-state index contributed by atoms with van der Waals surface area (Å²) < 4.78 is 14.9. The van der Waals surface area contributed by atoms with Gasteiger partial charge in [-0.1, -0.05) is 30.7 Å². The standard InChI is InChI=1S/C21H21FN4O/c1-15(16-3-9-19(10-4-16)26-14-23-13-24-26)25-20(27)21(11-2-12-21)17-5-7-18(22)8-6-17/h3-10,13-15H,2,11-12H2,1H3,(H,25,27). The van der Waals surface area contributed by atoms with E-state index in [1.165, 1.54) is 18.5 Å². The second-order valence-corrected chi connectivity index (χ2v) is 7.07. The number of hydrogen-bond donors (Lipinski definition) is 1. The maximum absolute atomic E-state index is 13.3. The van der Waals surface area contributed by atoms with Crippen LogP contribution in [0.25, 0.3) is 5.69 Å². The lowest BCUT2D eigenvalue weighted by Crippen LogP contribution is -2.49. The minimum atomic E-state index is -0.539. The molecule has 27 heavy (non-hydrogen) atoms. The summed E-state index contributed by atoms with van der Waals surface area (Å²) in [4.78, 5) is 17.0. The highest BCUT2D eigenvalue weighted by atomic mass is 19.1. The summed E-state index contributed by atoms with van der Waals surface area (Å²) in [6, 6.07) is 14.0. The first kappa shape index (κ1) is 17.4. The molecule has 0 spiro atoms. The Balaban J connectivity index is 1.49. The topological polar surface area (TPSA) is 59.8 Å². The van der Waals surface area contributed by atoms with Crippen LogP contribution in [0.15, 0.2) is 61.2 Å². The molecule has 1 unspecified atom stereocenters. The molecular weight excluding hydrogens is 343 g/mol. The lowest BCUT2D eigenvalue weighted by Gasteiger charge is -2.41. The van der Waals surface area contributed by atoms with Crippen molar-refractivity contribution in [1.29, 1.82) is 0 Å². The average Bonchev–Trinajstić information content (AvgIpc) is 3.17. The van der Waals surface area contributed by atoms with Crippen molar-refractivity contribution in [2.75, 3.05) is 0 Å². The molecule has 1 atom stereocenters. The highest BCUT2D eigenvalue weighted by Crippen LogP contribution is 2.44. The number of halogens is 1. The Morgan fingerprint density at radius 2 is 1.85 bits per heavy atom. The predicted octanol–water partition coefficient (Wildman–Crippen LogP) is 3.71. The summed E-state index contributed by atoms with van der Waals surface area (Å²) in [6.07, 6.45) is 5.73. The Kier molecular flexibility index (Phi) is 4.48. The van der Waals surface area contributed by atoms with E-state index in [2.05, 4.69) is 15.4 Å². The molecule has 0 aliphatic heterocycles. The molecule has 5 nitrogen and oxygen atoms in total. The largest absolute Gasteiger partial charge is 0.349 e. The Morgan fingerprint density at radius 1 is 1.15 bits per heavy atom. The first-order chi connectivity index (χ1) is 13.1. The van der Waals surface area contributed by atoms with Crippen molar-refractivity contribution < 1.29 is 9.18 Å². The molecule has 1 amide bonds. The highest BCUT2D eigenvalue weighted by Gasteiger charge is 2.45. The van der Waals surface area contributed by atoms with Gasteiger partial charge in [-0.25, -0.2) is 14.1 Å². The number of amides is 1. The third kappa shape index (κ3) is 3.23. The first-order valence-corrected chi connectivity index (χ1v) is 9.10. The van der Waals surface area contributed by atoms with Crippen LogP contribution in [-0.2, 0) is 10.2 Å². The van der Waals surface area contributed by atoms with E-state index in [9.17, 15) is 9.18 Å². The minimum absolute atomic E-state index is 0.00760. The van der Waals surface area contributed by atoms with Crippen LogP contribution in [0.4, 0.5) is 4.39 Å². The number of benzene rings is 2. The molecule has 1 aliphatic rings. The van der Waals surface area contributed by atoms with Gasteiger partial charge in [0.2, 0.25) is 5.91 Å². The smallest absolute Gasteiger partial charge is 0.231 e. The van der Waals surface area contributed by atoms with Gasteiger partial charge in [0.1, 0.15) is 18.5 Å². The molecule has 3 aromatic rings. The first-order valence-electron chi connectivity index (χ1n) is 9.10. The van der Waals surface area contributed by atoms with Gasteiger partial charge in [0.25, 0.3) is 0 Å². The van der Waals surface area contributed by atoms with Crippen molar-refractivity contribution in [2.45, 2.75) is 37.6 Å². The van der Waals surface area contributed by atoms with E-state index in [1.807, 2.05) is 31.2 Å². The van der Waals surface area contributed by atoms with E-state index in [0.717, 1.165) is 36.1 Å². The van der Waals surface area contributed by atoms with Crippen LogP contribution in [0.1, 0.15) is 43.4 Å². The predicted molar refractivity (Wildman–Crippen MR) is 99.8 cm³/mol. The van der Waals surface area contributed by atoms with E-state index in [4.69, 9.17) is 0 Å². The van der Waals surface area contributed by atoms with Gasteiger partial charge < -0.3 is 5.32 Å². The van der Waals surface area contributed by atoms with Crippen LogP contribution < -0.4 is 5.32 Å². The van der Waals surface area contributed by atoms with E-state index in [-0.39, 0.29) is 17.8 Å². The molecule has 1 aliphatic carbocycles. The van der Waals surface area contributed by atoms with E-state index >= 15 is 0 Å². The maximum atomic E-state index is 13.3. The number of rotatable bonds is 5. The van der Waals surface area contributed by atoms with Crippen molar-refractivity contribution in [2.24, 2.45) is 0 Å². The van der Waals surface area contributed by atoms with E-state index < -0.39 is 5.41 Å². The van der Waals surface area contributed by atoms with Crippen LogP contribution in [0, 0.1) is 5.82 Å². The number of nitrogens with zero attached hydrogens (tertiary/aromatic N) is 3. The molecule has 1 heterocycles. The Bertz CT molecular complexity index is 916. The normalized spacial score (nSPS) is 16.4. The third-order valence-electron chi connectivity index (χ3n) is 5.46. The van der Waals surface area contributed by atoms with Gasteiger partial charge in [0.05, 0.1) is 17.1 Å². The zero-order chi connectivity index (χ0) is 18.9. The molecule has 138 valence electrons. The average molecular weight is 364 g/mol. The SMILES string of the molecule is CC(NC(=O)C1(c2ccc(F)cc2)CCC1)c1ccc(-n2cncn2)cc1. The number of carbonyl (C=O) groups excluding carboxylic acids is 1. The summed E-state index contributed by atoms with van der Waals surface area (Å²) in [5, 5.41) is 7.25. The van der Waals surface area contributed by atoms with Gasteiger partial charge in [-0.15, -0.1) is 0 Å². The Labute approximate surface area is 157 Å². The monoisotopic (exact) mass is 364 g/mol. The second kappa shape index (κ2) is 6.95. The summed E-state index contributed by atoms with van der Waals surface area (Å²) in [7, 11) is 0. The van der Waals surface area contributed by atoms with Crippen LogP contribution in [0.2, 0.25) is 0 Å². The van der Waals surface area contributed by atoms with Gasteiger partial charge in [-0.05, 0) is 55.2 Å². The number of aromatic nitrogens is 3. The Morgan fingerprint density at radius 3 is 2.41 bits per heavy atom. The van der Waals surface area contributed by atoms with Crippen molar-refractivity contribution in [3.05, 3.63) is 78.1 Å². The van der Waals surface area contributed by atoms with E-state index in [1.54, 1.807) is 23.1 Å². The van der Waals surface area contributed by atoms with Crippen molar-refractivity contribution in [1.82, 2.24) is 20.1 Å². The molecule has 0 bridgehead atoms. The number of hydrogen-bond acceptors (Lipinski definition) is 3. The van der Waals surface area contributed by atoms with Gasteiger partial charge >= 0.3 is 0 Å². The van der Waals surface area contributed by atoms with Gasteiger partial charge in [-0.3, -0.25) is 4.79 Å². The fourth-order valence-electron chi connectivity index (χ4n) is 3.62. The van der Waals surface area contributed by atoms with Crippen LogP contribution in [-0.4, -0.2) is 20.7 Å². The van der Waals surface area contributed by atoms with Gasteiger partial charge in [-0.2, -0.15) is 5.10 Å². The zero-order valence-corrected chi connectivity index (χ0v) is 15.1. The van der Waals surface area contributed by atoms with Crippen molar-refractivity contribution in [3.63, 3.8) is 0 Å². The molecule has 1 aromatic heterocycles. The van der Waals surface area contributed by atoms with Crippen LogP contribution in [0.3, 0.4) is 0 Å². The minimum Gasteiger partial charge on any atom is -0.349 e. The van der Waals surface area contributed by atoms with Gasteiger partial charge in [0.15, 0.2) is 0 Å². The molecule has 2 aromatic carbocycles. The van der Waals surface area contributed by atoms with Crippen molar-refractivity contribution >= 4 is 5.91 Å². The summed E-state index contributed by atoms with van der Waals surface area (Å²) in [6.45, 7) is 1.97. The van der Waals surface area contributed by atoms with Crippen molar-refractivity contribution in [3.8, 4) is 5.69 Å². The third-order valence-corrected chi connectivity index (χ3v) is 5.46. The fourth-order valence-corrected chi connectivity index (χ4v) is 3.62. The number of nitrogens with one attached hydrogen (secondary N) is 1. The molecule has 1 N–H and O–H groups in total. The van der Waals surface area contributed by atoms with Crippen LogP contribution >= 0.6 is 0 Å². The zero-order valence-electron chi connectivity index (χ0n) is 15.1. The van der Waals surface area contributed by atoms with Crippen LogP contribution in [0.5, 0.6) is 0 Å².